The number of rotatable bonds is 5. The minimum absolute atomic E-state index is 0.136. The van der Waals surface area contributed by atoms with Crippen LogP contribution in [-0.2, 0) is 17.8 Å². The van der Waals surface area contributed by atoms with Crippen LogP contribution in [0.4, 0.5) is 0 Å². The second-order valence-electron chi connectivity index (χ2n) is 3.99. The Hall–Kier alpha value is -1.32. The number of ether oxygens (including phenoxy) is 1. The average Bonchev–Trinajstić information content (AvgIpc) is 2.81. The van der Waals surface area contributed by atoms with Crippen LogP contribution in [-0.4, -0.2) is 16.1 Å². The van der Waals surface area contributed by atoms with Crippen molar-refractivity contribution < 1.29 is 4.74 Å². The molecule has 0 aliphatic rings. The highest BCUT2D eigenvalue weighted by molar-refractivity contribution is 6.30. The molecule has 0 saturated carbocycles. The van der Waals surface area contributed by atoms with Gasteiger partial charge in [0, 0.05) is 23.8 Å². The van der Waals surface area contributed by atoms with Gasteiger partial charge in [0.2, 0.25) is 0 Å². The Morgan fingerprint density at radius 1 is 1.35 bits per heavy atom. The van der Waals surface area contributed by atoms with Crippen LogP contribution < -0.4 is 0 Å². The van der Waals surface area contributed by atoms with E-state index < -0.39 is 0 Å². The third kappa shape index (κ3) is 3.88. The zero-order valence-corrected chi connectivity index (χ0v) is 10.4. The minimum atomic E-state index is 0.136. The number of nitrogens with zero attached hydrogens (tertiary/aromatic N) is 1. The van der Waals surface area contributed by atoms with Crippen molar-refractivity contribution >= 4 is 11.6 Å². The maximum absolute atomic E-state index is 5.82. The summed E-state index contributed by atoms with van der Waals surface area (Å²) in [5.74, 6) is 0.952. The van der Waals surface area contributed by atoms with Crippen molar-refractivity contribution in [2.75, 3.05) is 0 Å². The fraction of sp³-hybridized carbons (Fsp3) is 0.308. The maximum atomic E-state index is 5.82. The second-order valence-corrected chi connectivity index (χ2v) is 4.42. The number of imidazole rings is 1. The molecular weight excluding hydrogens is 236 g/mol. The largest absolute Gasteiger partial charge is 0.373 e. The summed E-state index contributed by atoms with van der Waals surface area (Å²) in [6.45, 7) is 2.64. The number of H-pyrrole nitrogens is 1. The van der Waals surface area contributed by atoms with Crippen molar-refractivity contribution in [1.29, 1.82) is 0 Å². The van der Waals surface area contributed by atoms with E-state index in [2.05, 4.69) is 9.97 Å². The molecule has 0 aliphatic heterocycles. The molecule has 1 aromatic heterocycles. The highest BCUT2D eigenvalue weighted by atomic mass is 35.5. The molecule has 2 aromatic rings. The molecule has 1 unspecified atom stereocenters. The first-order chi connectivity index (χ1) is 8.24. The minimum Gasteiger partial charge on any atom is -0.373 e. The van der Waals surface area contributed by atoms with Crippen LogP contribution in [0.3, 0.4) is 0 Å². The number of nitrogens with one attached hydrogen (secondary N) is 1. The van der Waals surface area contributed by atoms with Gasteiger partial charge in [-0.05, 0) is 24.6 Å². The molecule has 0 radical (unpaired) electrons. The average molecular weight is 251 g/mol. The van der Waals surface area contributed by atoms with Gasteiger partial charge in [-0.1, -0.05) is 23.7 Å². The molecule has 17 heavy (non-hydrogen) atoms. The lowest BCUT2D eigenvalue weighted by atomic mass is 10.2. The van der Waals surface area contributed by atoms with E-state index in [4.69, 9.17) is 16.3 Å². The molecule has 0 aliphatic carbocycles. The van der Waals surface area contributed by atoms with E-state index in [0.717, 1.165) is 22.8 Å². The number of aromatic amines is 1. The number of hydrogen-bond acceptors (Lipinski definition) is 2. The van der Waals surface area contributed by atoms with Crippen LogP contribution >= 0.6 is 11.6 Å². The molecule has 0 spiro atoms. The Labute approximate surface area is 106 Å². The van der Waals surface area contributed by atoms with Gasteiger partial charge in [-0.2, -0.15) is 0 Å². The Kier molecular flexibility index (Phi) is 4.18. The summed E-state index contributed by atoms with van der Waals surface area (Å²) in [5, 5.41) is 0.748. The molecular formula is C13H15ClN2O. The fourth-order valence-electron chi connectivity index (χ4n) is 1.56. The van der Waals surface area contributed by atoms with Crippen LogP contribution in [0.1, 0.15) is 18.3 Å². The molecule has 0 bridgehead atoms. The number of aromatic nitrogens is 2. The highest BCUT2D eigenvalue weighted by Gasteiger charge is 2.05. The molecule has 1 heterocycles. The quantitative estimate of drug-likeness (QED) is 0.885. The van der Waals surface area contributed by atoms with Crippen molar-refractivity contribution in [1.82, 2.24) is 9.97 Å². The molecule has 1 aromatic carbocycles. The van der Waals surface area contributed by atoms with E-state index in [9.17, 15) is 0 Å². The van der Waals surface area contributed by atoms with Crippen LogP contribution in [0.2, 0.25) is 5.02 Å². The van der Waals surface area contributed by atoms with Gasteiger partial charge in [0.05, 0.1) is 12.7 Å². The summed E-state index contributed by atoms with van der Waals surface area (Å²) in [6.07, 6.45) is 4.50. The summed E-state index contributed by atoms with van der Waals surface area (Å²) < 4.78 is 5.74. The SMILES string of the molecule is CC(Cc1ncc[nH]1)OCc1ccc(Cl)cc1. The Balaban J connectivity index is 1.79. The van der Waals surface area contributed by atoms with E-state index in [1.807, 2.05) is 37.4 Å². The fourth-order valence-corrected chi connectivity index (χ4v) is 1.69. The highest BCUT2D eigenvalue weighted by Crippen LogP contribution is 2.11. The summed E-state index contributed by atoms with van der Waals surface area (Å²) in [5.41, 5.74) is 1.13. The smallest absolute Gasteiger partial charge is 0.108 e. The van der Waals surface area contributed by atoms with Crippen LogP contribution in [0.25, 0.3) is 0 Å². The van der Waals surface area contributed by atoms with Gasteiger partial charge >= 0.3 is 0 Å². The van der Waals surface area contributed by atoms with Gasteiger partial charge in [0.1, 0.15) is 5.82 Å². The lowest BCUT2D eigenvalue weighted by molar-refractivity contribution is 0.0524. The third-order valence-electron chi connectivity index (χ3n) is 2.48. The first-order valence-electron chi connectivity index (χ1n) is 5.58. The predicted molar refractivity (Wildman–Crippen MR) is 68.0 cm³/mol. The Bertz CT molecular complexity index is 439. The molecule has 90 valence electrons. The number of benzene rings is 1. The van der Waals surface area contributed by atoms with Crippen molar-refractivity contribution in [2.24, 2.45) is 0 Å². The molecule has 3 nitrogen and oxygen atoms in total. The van der Waals surface area contributed by atoms with E-state index in [1.165, 1.54) is 0 Å². The molecule has 0 amide bonds. The van der Waals surface area contributed by atoms with Gasteiger partial charge < -0.3 is 9.72 Å². The Morgan fingerprint density at radius 2 is 2.12 bits per heavy atom. The molecule has 4 heteroatoms. The van der Waals surface area contributed by atoms with E-state index in [1.54, 1.807) is 6.20 Å². The normalized spacial score (nSPS) is 12.6. The first kappa shape index (κ1) is 12.1. The van der Waals surface area contributed by atoms with Crippen LogP contribution in [0, 0.1) is 0 Å². The van der Waals surface area contributed by atoms with Crippen molar-refractivity contribution in [3.63, 3.8) is 0 Å². The second kappa shape index (κ2) is 5.84. The van der Waals surface area contributed by atoms with Crippen LogP contribution in [0.15, 0.2) is 36.7 Å². The van der Waals surface area contributed by atoms with Crippen LogP contribution in [0.5, 0.6) is 0 Å². The zero-order valence-electron chi connectivity index (χ0n) is 9.69. The monoisotopic (exact) mass is 250 g/mol. The standard InChI is InChI=1S/C13H15ClN2O/c1-10(8-13-15-6-7-16-13)17-9-11-2-4-12(14)5-3-11/h2-7,10H,8-9H2,1H3,(H,15,16). The molecule has 0 fully saturated rings. The molecule has 2 rings (SSSR count). The van der Waals surface area contributed by atoms with Gasteiger partial charge in [-0.15, -0.1) is 0 Å². The van der Waals surface area contributed by atoms with E-state index in [0.29, 0.717) is 6.61 Å². The first-order valence-corrected chi connectivity index (χ1v) is 5.96. The van der Waals surface area contributed by atoms with Gasteiger partial charge in [-0.25, -0.2) is 4.98 Å². The summed E-state index contributed by atoms with van der Waals surface area (Å²) in [4.78, 5) is 7.23. The lowest BCUT2D eigenvalue weighted by Crippen LogP contribution is -2.12. The number of hydrogen-bond donors (Lipinski definition) is 1. The summed E-state index contributed by atoms with van der Waals surface area (Å²) in [6, 6.07) is 7.69. The van der Waals surface area contributed by atoms with Crippen molar-refractivity contribution in [3.05, 3.63) is 53.1 Å². The molecule has 1 N–H and O–H groups in total. The molecule has 0 saturated heterocycles. The summed E-state index contributed by atoms with van der Waals surface area (Å²) in [7, 11) is 0. The van der Waals surface area contributed by atoms with Gasteiger partial charge in [0.15, 0.2) is 0 Å². The van der Waals surface area contributed by atoms with Crippen molar-refractivity contribution in [2.45, 2.75) is 26.1 Å². The zero-order chi connectivity index (χ0) is 12.1. The molecule has 1 atom stereocenters. The maximum Gasteiger partial charge on any atom is 0.108 e. The van der Waals surface area contributed by atoms with E-state index >= 15 is 0 Å². The third-order valence-corrected chi connectivity index (χ3v) is 2.74. The van der Waals surface area contributed by atoms with Crippen molar-refractivity contribution in [3.8, 4) is 0 Å². The number of halogens is 1. The Morgan fingerprint density at radius 3 is 2.76 bits per heavy atom. The van der Waals surface area contributed by atoms with Gasteiger partial charge in [-0.3, -0.25) is 0 Å². The topological polar surface area (TPSA) is 37.9 Å². The summed E-state index contributed by atoms with van der Waals surface area (Å²) >= 11 is 5.82. The lowest BCUT2D eigenvalue weighted by Gasteiger charge is -2.11. The van der Waals surface area contributed by atoms with E-state index in [-0.39, 0.29) is 6.10 Å². The predicted octanol–water partition coefficient (Wildman–Crippen LogP) is 3.21. The van der Waals surface area contributed by atoms with Gasteiger partial charge in [0.25, 0.3) is 0 Å².